The highest BCUT2D eigenvalue weighted by Gasteiger charge is 2.19. The summed E-state index contributed by atoms with van der Waals surface area (Å²) in [6.07, 6.45) is 4.41. The van der Waals surface area contributed by atoms with E-state index in [-0.39, 0.29) is 21.9 Å². The van der Waals surface area contributed by atoms with Crippen molar-refractivity contribution in [2.45, 2.75) is 45.4 Å². The molecule has 28 heavy (non-hydrogen) atoms. The number of aromatic amines is 1. The minimum absolute atomic E-state index is 0.0765. The second-order valence-corrected chi connectivity index (χ2v) is 8.67. The van der Waals surface area contributed by atoms with Gasteiger partial charge < -0.3 is 9.88 Å². The SMILES string of the molecule is CC(C)(C)c1ccc(/C(=C/CCN2CCCC2=O)c2ccc(Cl)c(=O)[nH]2)cc1. The molecule has 0 unspecified atom stereocenters. The average molecular weight is 399 g/mol. The van der Waals surface area contributed by atoms with Gasteiger partial charge in [0.1, 0.15) is 5.02 Å². The Morgan fingerprint density at radius 1 is 1.14 bits per heavy atom. The highest BCUT2D eigenvalue weighted by Crippen LogP contribution is 2.27. The van der Waals surface area contributed by atoms with Crippen LogP contribution in [0, 0.1) is 0 Å². The molecule has 148 valence electrons. The number of carbonyl (C=O) groups is 1. The molecule has 1 fully saturated rings. The number of hydrogen-bond donors (Lipinski definition) is 1. The molecule has 0 atom stereocenters. The van der Waals surface area contributed by atoms with E-state index < -0.39 is 0 Å². The molecule has 1 aliphatic rings. The first-order valence-corrected chi connectivity index (χ1v) is 10.1. The minimum Gasteiger partial charge on any atom is -0.342 e. The Bertz CT molecular complexity index is 936. The van der Waals surface area contributed by atoms with Gasteiger partial charge in [0.05, 0.1) is 0 Å². The highest BCUT2D eigenvalue weighted by atomic mass is 35.5. The summed E-state index contributed by atoms with van der Waals surface area (Å²) in [5.74, 6) is 0.226. The molecule has 1 aromatic heterocycles. The number of aromatic nitrogens is 1. The molecule has 3 rings (SSSR count). The zero-order chi connectivity index (χ0) is 20.3. The molecule has 0 radical (unpaired) electrons. The van der Waals surface area contributed by atoms with Gasteiger partial charge in [0.25, 0.3) is 5.56 Å². The topological polar surface area (TPSA) is 53.2 Å². The van der Waals surface area contributed by atoms with E-state index in [1.54, 1.807) is 6.07 Å². The number of benzene rings is 1. The molecule has 2 heterocycles. The van der Waals surface area contributed by atoms with E-state index in [0.29, 0.717) is 13.0 Å². The number of rotatable bonds is 5. The van der Waals surface area contributed by atoms with Crippen LogP contribution in [-0.2, 0) is 10.2 Å². The lowest BCUT2D eigenvalue weighted by molar-refractivity contribution is -0.127. The molecule has 1 aromatic carbocycles. The Labute approximate surface area is 171 Å². The van der Waals surface area contributed by atoms with Crippen LogP contribution < -0.4 is 5.56 Å². The zero-order valence-corrected chi connectivity index (χ0v) is 17.5. The number of halogens is 1. The number of amides is 1. The van der Waals surface area contributed by atoms with Crippen LogP contribution >= 0.6 is 11.6 Å². The molecule has 1 saturated heterocycles. The Kier molecular flexibility index (Phi) is 6.09. The predicted octanol–water partition coefficient (Wildman–Crippen LogP) is 4.77. The van der Waals surface area contributed by atoms with Gasteiger partial charge in [0.2, 0.25) is 5.91 Å². The van der Waals surface area contributed by atoms with Crippen LogP contribution in [-0.4, -0.2) is 28.9 Å². The first-order chi connectivity index (χ1) is 13.3. The van der Waals surface area contributed by atoms with Gasteiger partial charge in [-0.25, -0.2) is 0 Å². The quantitative estimate of drug-likeness (QED) is 0.788. The van der Waals surface area contributed by atoms with Crippen LogP contribution in [0.5, 0.6) is 0 Å². The van der Waals surface area contributed by atoms with Crippen molar-refractivity contribution in [3.63, 3.8) is 0 Å². The van der Waals surface area contributed by atoms with Crippen molar-refractivity contribution in [1.29, 1.82) is 0 Å². The summed E-state index contributed by atoms with van der Waals surface area (Å²) in [5.41, 5.74) is 3.73. The molecule has 0 spiro atoms. The molecule has 1 amide bonds. The maximum absolute atomic E-state index is 12.0. The van der Waals surface area contributed by atoms with Gasteiger partial charge in [-0.05, 0) is 41.5 Å². The van der Waals surface area contributed by atoms with Crippen LogP contribution in [0.25, 0.3) is 5.57 Å². The zero-order valence-electron chi connectivity index (χ0n) is 16.7. The second kappa shape index (κ2) is 8.36. The fourth-order valence-corrected chi connectivity index (χ4v) is 3.56. The average Bonchev–Trinajstić information content (AvgIpc) is 3.06. The lowest BCUT2D eigenvalue weighted by atomic mass is 9.86. The van der Waals surface area contributed by atoms with E-state index in [0.717, 1.165) is 36.2 Å². The summed E-state index contributed by atoms with van der Waals surface area (Å²) in [5, 5.41) is 0.175. The molecule has 1 aliphatic heterocycles. The number of pyridine rings is 1. The van der Waals surface area contributed by atoms with Crippen molar-refractivity contribution < 1.29 is 4.79 Å². The molecule has 0 saturated carbocycles. The van der Waals surface area contributed by atoms with Crippen LogP contribution in [0.4, 0.5) is 0 Å². The Morgan fingerprint density at radius 3 is 2.43 bits per heavy atom. The number of nitrogens with zero attached hydrogens (tertiary/aromatic N) is 1. The molecule has 1 N–H and O–H groups in total. The molecule has 0 aliphatic carbocycles. The van der Waals surface area contributed by atoms with Crippen molar-refractivity contribution in [1.82, 2.24) is 9.88 Å². The van der Waals surface area contributed by atoms with Gasteiger partial charge in [-0.15, -0.1) is 0 Å². The van der Waals surface area contributed by atoms with Crippen LogP contribution in [0.1, 0.15) is 56.9 Å². The molecule has 2 aromatic rings. The van der Waals surface area contributed by atoms with Crippen molar-refractivity contribution in [3.05, 3.63) is 74.7 Å². The molecule has 4 nitrogen and oxygen atoms in total. The van der Waals surface area contributed by atoms with Gasteiger partial charge in [0, 0.05) is 30.8 Å². The normalized spacial score (nSPS) is 15.4. The van der Waals surface area contributed by atoms with Crippen molar-refractivity contribution in [2.75, 3.05) is 13.1 Å². The smallest absolute Gasteiger partial charge is 0.267 e. The van der Waals surface area contributed by atoms with E-state index in [1.807, 2.05) is 11.0 Å². The van der Waals surface area contributed by atoms with Gasteiger partial charge in [-0.2, -0.15) is 0 Å². The molecule has 5 heteroatoms. The second-order valence-electron chi connectivity index (χ2n) is 8.27. The van der Waals surface area contributed by atoms with Crippen molar-refractivity contribution in [2.24, 2.45) is 0 Å². The largest absolute Gasteiger partial charge is 0.342 e. The highest BCUT2D eigenvalue weighted by molar-refractivity contribution is 6.30. The first-order valence-electron chi connectivity index (χ1n) is 9.74. The summed E-state index contributed by atoms with van der Waals surface area (Å²) in [7, 11) is 0. The summed E-state index contributed by atoms with van der Waals surface area (Å²) >= 11 is 5.90. The lowest BCUT2D eigenvalue weighted by Gasteiger charge is -2.20. The number of carbonyl (C=O) groups excluding carboxylic acids is 1. The van der Waals surface area contributed by atoms with Crippen LogP contribution in [0.3, 0.4) is 0 Å². The number of H-pyrrole nitrogens is 1. The summed E-state index contributed by atoms with van der Waals surface area (Å²) in [4.78, 5) is 28.6. The van der Waals surface area contributed by atoms with Crippen molar-refractivity contribution in [3.8, 4) is 0 Å². The Morgan fingerprint density at radius 2 is 1.86 bits per heavy atom. The first kappa shape index (κ1) is 20.4. The molecular formula is C23H27ClN2O2. The monoisotopic (exact) mass is 398 g/mol. The van der Waals surface area contributed by atoms with E-state index >= 15 is 0 Å². The molecular weight excluding hydrogens is 372 g/mol. The predicted molar refractivity (Wildman–Crippen MR) is 115 cm³/mol. The third-order valence-corrected chi connectivity index (χ3v) is 5.43. The van der Waals surface area contributed by atoms with Gasteiger partial charge >= 0.3 is 0 Å². The lowest BCUT2D eigenvalue weighted by Crippen LogP contribution is -2.25. The van der Waals surface area contributed by atoms with Gasteiger partial charge in [-0.3, -0.25) is 9.59 Å². The standard InChI is InChI=1S/C23H27ClN2O2/c1-23(2,3)17-10-8-16(9-11-17)18(20-13-12-19(24)22(28)25-20)6-4-14-26-15-5-7-21(26)27/h6,8-13H,4-5,7,14-15H2,1-3H3,(H,25,28)/b18-6-. The summed E-state index contributed by atoms with van der Waals surface area (Å²) in [6, 6.07) is 11.9. The maximum Gasteiger partial charge on any atom is 0.267 e. The third kappa shape index (κ3) is 4.74. The Hall–Kier alpha value is -2.33. The summed E-state index contributed by atoms with van der Waals surface area (Å²) < 4.78 is 0. The van der Waals surface area contributed by atoms with Crippen LogP contribution in [0.15, 0.2) is 47.3 Å². The maximum atomic E-state index is 12.0. The number of likely N-dealkylation sites (tertiary alicyclic amines) is 1. The minimum atomic E-state index is -0.300. The van der Waals surface area contributed by atoms with Crippen molar-refractivity contribution >= 4 is 23.1 Å². The van der Waals surface area contributed by atoms with E-state index in [9.17, 15) is 9.59 Å². The van der Waals surface area contributed by atoms with Gasteiger partial charge in [0.15, 0.2) is 0 Å². The number of hydrogen-bond acceptors (Lipinski definition) is 2. The van der Waals surface area contributed by atoms with Crippen LogP contribution in [0.2, 0.25) is 5.02 Å². The number of nitrogens with one attached hydrogen (secondary N) is 1. The van der Waals surface area contributed by atoms with Gasteiger partial charge in [-0.1, -0.05) is 62.7 Å². The van der Waals surface area contributed by atoms with E-state index in [2.05, 4.69) is 56.1 Å². The fraction of sp³-hybridized carbons (Fsp3) is 0.391. The summed E-state index contributed by atoms with van der Waals surface area (Å²) in [6.45, 7) is 8.08. The van der Waals surface area contributed by atoms with E-state index in [1.165, 1.54) is 5.56 Å². The fourth-order valence-electron chi connectivity index (χ4n) is 3.45. The molecule has 0 bridgehead atoms. The Balaban J connectivity index is 1.91. The third-order valence-electron chi connectivity index (χ3n) is 5.13. The van der Waals surface area contributed by atoms with E-state index in [4.69, 9.17) is 11.6 Å².